The van der Waals surface area contributed by atoms with Gasteiger partial charge in [0, 0.05) is 17.0 Å². The molecule has 0 unspecified atom stereocenters. The lowest BCUT2D eigenvalue weighted by atomic mass is 10.1. The van der Waals surface area contributed by atoms with Gasteiger partial charge >= 0.3 is 0 Å². The molecule has 92 valence electrons. The Morgan fingerprint density at radius 2 is 2.29 bits per heavy atom. The summed E-state index contributed by atoms with van der Waals surface area (Å²) < 4.78 is 0.399. The molecule has 0 saturated heterocycles. The topological polar surface area (TPSA) is 38.0 Å². The van der Waals surface area contributed by atoms with Gasteiger partial charge in [0.05, 0.1) is 10.6 Å². The Labute approximate surface area is 116 Å². The number of hydrogen-bond donors (Lipinski definition) is 2. The van der Waals surface area contributed by atoms with E-state index in [1.54, 1.807) is 0 Å². The fourth-order valence-corrected chi connectivity index (χ4v) is 3.05. The van der Waals surface area contributed by atoms with Crippen molar-refractivity contribution in [3.8, 4) is 0 Å². The van der Waals surface area contributed by atoms with E-state index in [0.717, 1.165) is 17.8 Å². The Morgan fingerprint density at radius 1 is 1.59 bits per heavy atom. The summed E-state index contributed by atoms with van der Waals surface area (Å²) >= 11 is 13.1. The van der Waals surface area contributed by atoms with Crippen LogP contribution in [-0.4, -0.2) is 22.5 Å². The lowest BCUT2D eigenvalue weighted by Crippen LogP contribution is -2.20. The van der Waals surface area contributed by atoms with E-state index in [9.17, 15) is 0 Å². The van der Waals surface area contributed by atoms with Crippen LogP contribution in [0.2, 0.25) is 5.02 Å². The molecule has 0 heterocycles. The van der Waals surface area contributed by atoms with Crippen LogP contribution in [0, 0.1) is 0 Å². The van der Waals surface area contributed by atoms with Gasteiger partial charge in [-0.15, -0.1) is 0 Å². The van der Waals surface area contributed by atoms with Crippen LogP contribution in [0.25, 0.3) is 0 Å². The minimum absolute atomic E-state index is 0.340. The van der Waals surface area contributed by atoms with Gasteiger partial charge in [0.1, 0.15) is 4.99 Å². The highest BCUT2D eigenvalue weighted by atomic mass is 35.5. The minimum atomic E-state index is 0.340. The number of nitrogens with one attached hydrogen (secondary N) is 1. The van der Waals surface area contributed by atoms with Gasteiger partial charge in [-0.05, 0) is 31.2 Å². The Kier molecular flexibility index (Phi) is 3.85. The molecular weight excluding hydrogens is 272 g/mol. The van der Waals surface area contributed by atoms with Crippen molar-refractivity contribution >= 4 is 46.3 Å². The minimum Gasteiger partial charge on any atom is -0.389 e. The van der Waals surface area contributed by atoms with Crippen molar-refractivity contribution in [1.82, 2.24) is 0 Å². The number of halogens is 1. The van der Waals surface area contributed by atoms with Gasteiger partial charge in [0.15, 0.2) is 0 Å². The summed E-state index contributed by atoms with van der Waals surface area (Å²) in [6.45, 7) is 0.935. The number of thiocarbonyl (C=S) groups is 1. The lowest BCUT2D eigenvalue weighted by Gasteiger charge is -2.17. The molecule has 3 N–H and O–H groups in total. The highest BCUT2D eigenvalue weighted by Crippen LogP contribution is 2.47. The zero-order valence-corrected chi connectivity index (χ0v) is 12.0. The normalized spacial score (nSPS) is 16.6. The van der Waals surface area contributed by atoms with Gasteiger partial charge in [-0.25, -0.2) is 0 Å². The summed E-state index contributed by atoms with van der Waals surface area (Å²) in [5, 5.41) is 4.02. The summed E-state index contributed by atoms with van der Waals surface area (Å²) in [5.41, 5.74) is 7.39. The average Bonchev–Trinajstić information content (AvgIpc) is 3.06. The van der Waals surface area contributed by atoms with Crippen LogP contribution >= 0.6 is 35.6 Å². The maximum Gasteiger partial charge on any atom is 0.107 e. The van der Waals surface area contributed by atoms with E-state index in [4.69, 9.17) is 29.6 Å². The molecule has 17 heavy (non-hydrogen) atoms. The Balaban J connectivity index is 2.15. The first-order valence-corrected chi connectivity index (χ1v) is 7.46. The van der Waals surface area contributed by atoms with Crippen molar-refractivity contribution < 1.29 is 0 Å². The van der Waals surface area contributed by atoms with Gasteiger partial charge < -0.3 is 11.1 Å². The molecular formula is C12H15ClN2S2. The van der Waals surface area contributed by atoms with Crippen LogP contribution in [0.1, 0.15) is 18.4 Å². The molecule has 1 aromatic rings. The molecule has 1 fully saturated rings. The molecule has 1 aliphatic rings. The molecule has 0 spiro atoms. The van der Waals surface area contributed by atoms with E-state index in [1.807, 2.05) is 30.0 Å². The highest BCUT2D eigenvalue weighted by molar-refractivity contribution is 8.00. The molecule has 0 amide bonds. The van der Waals surface area contributed by atoms with Crippen LogP contribution in [0.3, 0.4) is 0 Å². The van der Waals surface area contributed by atoms with E-state index in [1.165, 1.54) is 12.8 Å². The molecule has 0 radical (unpaired) electrons. The molecule has 2 rings (SSSR count). The van der Waals surface area contributed by atoms with Crippen LogP contribution in [0.5, 0.6) is 0 Å². The maximum atomic E-state index is 6.11. The van der Waals surface area contributed by atoms with Gasteiger partial charge in [-0.2, -0.15) is 11.8 Å². The first-order valence-electron chi connectivity index (χ1n) is 5.45. The Bertz CT molecular complexity index is 444. The zero-order chi connectivity index (χ0) is 12.5. The van der Waals surface area contributed by atoms with Gasteiger partial charge in [0.25, 0.3) is 0 Å². The van der Waals surface area contributed by atoms with Gasteiger partial charge in [-0.3, -0.25) is 0 Å². The van der Waals surface area contributed by atoms with Crippen LogP contribution in [0.4, 0.5) is 5.69 Å². The van der Waals surface area contributed by atoms with Crippen LogP contribution in [0.15, 0.2) is 18.2 Å². The number of thioether (sulfide) groups is 1. The third-order valence-corrected chi connectivity index (χ3v) is 5.04. The first-order chi connectivity index (χ1) is 8.08. The van der Waals surface area contributed by atoms with Crippen molar-refractivity contribution in [1.29, 1.82) is 0 Å². The average molecular weight is 287 g/mol. The molecule has 1 aromatic carbocycles. The predicted molar refractivity (Wildman–Crippen MR) is 81.3 cm³/mol. The molecule has 1 saturated carbocycles. The second-order valence-corrected chi connectivity index (χ2v) is 6.39. The molecule has 1 aliphatic carbocycles. The number of anilines is 1. The maximum absolute atomic E-state index is 6.11. The third-order valence-electron chi connectivity index (χ3n) is 3.10. The summed E-state index contributed by atoms with van der Waals surface area (Å²) in [7, 11) is 0. The standard InChI is InChI=1S/C12H15ClN2S2/c1-17-12(5-6-12)7-15-9-4-2-3-8(13)10(9)11(14)16/h2-4,15H,5-7H2,1H3,(H2,14,16). The number of hydrogen-bond acceptors (Lipinski definition) is 3. The van der Waals surface area contributed by atoms with E-state index in [-0.39, 0.29) is 0 Å². The molecule has 0 atom stereocenters. The monoisotopic (exact) mass is 286 g/mol. The smallest absolute Gasteiger partial charge is 0.107 e. The fraction of sp³-hybridized carbons (Fsp3) is 0.417. The highest BCUT2D eigenvalue weighted by Gasteiger charge is 2.41. The van der Waals surface area contributed by atoms with Gasteiger partial charge in [-0.1, -0.05) is 29.9 Å². The summed E-state index contributed by atoms with van der Waals surface area (Å²) in [6.07, 6.45) is 4.69. The van der Waals surface area contributed by atoms with Crippen molar-refractivity contribution in [2.45, 2.75) is 17.6 Å². The van der Waals surface area contributed by atoms with E-state index < -0.39 is 0 Å². The first kappa shape index (κ1) is 13.0. The van der Waals surface area contributed by atoms with Gasteiger partial charge in [0.2, 0.25) is 0 Å². The molecule has 0 aliphatic heterocycles. The van der Waals surface area contributed by atoms with Crippen LogP contribution < -0.4 is 11.1 Å². The zero-order valence-electron chi connectivity index (χ0n) is 9.63. The predicted octanol–water partition coefficient (Wildman–Crippen LogP) is 3.28. The van der Waals surface area contributed by atoms with Crippen molar-refractivity contribution in [3.63, 3.8) is 0 Å². The number of benzene rings is 1. The summed E-state index contributed by atoms with van der Waals surface area (Å²) in [6, 6.07) is 5.69. The number of rotatable bonds is 5. The SMILES string of the molecule is CSC1(CNc2cccc(Cl)c2C(N)=S)CC1. The largest absolute Gasteiger partial charge is 0.389 e. The van der Waals surface area contributed by atoms with Crippen LogP contribution in [-0.2, 0) is 0 Å². The quantitative estimate of drug-likeness (QED) is 0.815. The summed E-state index contributed by atoms with van der Waals surface area (Å²) in [5.74, 6) is 0. The molecule has 5 heteroatoms. The van der Waals surface area contributed by atoms with Crippen molar-refractivity contribution in [2.75, 3.05) is 18.1 Å². The lowest BCUT2D eigenvalue weighted by molar-refractivity contribution is 0.949. The fourth-order valence-electron chi connectivity index (χ4n) is 1.77. The van der Waals surface area contributed by atoms with E-state index >= 15 is 0 Å². The number of nitrogens with two attached hydrogens (primary N) is 1. The summed E-state index contributed by atoms with van der Waals surface area (Å²) in [4.78, 5) is 0.340. The third kappa shape index (κ3) is 2.87. The van der Waals surface area contributed by atoms with Crippen molar-refractivity contribution in [3.05, 3.63) is 28.8 Å². The second kappa shape index (κ2) is 5.04. The van der Waals surface area contributed by atoms with Crippen molar-refractivity contribution in [2.24, 2.45) is 5.73 Å². The van der Waals surface area contributed by atoms with E-state index in [2.05, 4.69) is 11.6 Å². The Hall–Kier alpha value is -0.450. The van der Waals surface area contributed by atoms with E-state index in [0.29, 0.717) is 14.8 Å². The molecule has 2 nitrogen and oxygen atoms in total. The Morgan fingerprint density at radius 3 is 2.82 bits per heavy atom. The molecule has 0 bridgehead atoms. The second-order valence-electron chi connectivity index (χ2n) is 4.27. The molecule has 0 aromatic heterocycles.